The highest BCUT2D eigenvalue weighted by molar-refractivity contribution is 5.10. The number of rotatable bonds is 4. The van der Waals surface area contributed by atoms with Gasteiger partial charge in [-0.1, -0.05) is 20.8 Å². The third-order valence-corrected chi connectivity index (χ3v) is 4.37. The molecule has 0 N–H and O–H groups in total. The van der Waals surface area contributed by atoms with Gasteiger partial charge in [0.05, 0.1) is 17.9 Å². The predicted molar refractivity (Wildman–Crippen MR) is 87.1 cm³/mol. The molecule has 23 heavy (non-hydrogen) atoms. The molecule has 3 heterocycles. The van der Waals surface area contributed by atoms with E-state index in [0.29, 0.717) is 12.6 Å². The second kappa shape index (κ2) is 6.28. The van der Waals surface area contributed by atoms with Gasteiger partial charge < -0.3 is 4.42 Å². The molecule has 1 atom stereocenters. The molecule has 124 valence electrons. The standard InChI is InChI=1S/C17H24N4O2/c1-17(2,3)15-6-7-16(22)21(19-15)10-14-5-4-8-20(14)9-13-11-23-12-18-13/h6-7,11-12,14H,4-5,8-10H2,1-3H3. The summed E-state index contributed by atoms with van der Waals surface area (Å²) in [4.78, 5) is 18.7. The first-order valence-electron chi connectivity index (χ1n) is 8.13. The minimum atomic E-state index is -0.0640. The van der Waals surface area contributed by atoms with Gasteiger partial charge in [0.2, 0.25) is 0 Å². The quantitative estimate of drug-likeness (QED) is 0.865. The Balaban J connectivity index is 1.76. The summed E-state index contributed by atoms with van der Waals surface area (Å²) >= 11 is 0. The first-order valence-corrected chi connectivity index (χ1v) is 8.13. The zero-order valence-electron chi connectivity index (χ0n) is 14.0. The van der Waals surface area contributed by atoms with Crippen molar-refractivity contribution < 1.29 is 4.42 Å². The summed E-state index contributed by atoms with van der Waals surface area (Å²) in [5.74, 6) is 0. The van der Waals surface area contributed by atoms with Gasteiger partial charge in [0.25, 0.3) is 5.56 Å². The molecule has 2 aromatic heterocycles. The van der Waals surface area contributed by atoms with Crippen molar-refractivity contribution in [3.05, 3.63) is 46.5 Å². The number of hydrogen-bond acceptors (Lipinski definition) is 5. The lowest BCUT2D eigenvalue weighted by Crippen LogP contribution is -2.37. The first kappa shape index (κ1) is 15.9. The van der Waals surface area contributed by atoms with Gasteiger partial charge in [-0.3, -0.25) is 9.69 Å². The van der Waals surface area contributed by atoms with Gasteiger partial charge in [-0.2, -0.15) is 5.10 Å². The minimum Gasteiger partial charge on any atom is -0.451 e. The van der Waals surface area contributed by atoms with E-state index in [4.69, 9.17) is 4.42 Å². The van der Waals surface area contributed by atoms with Gasteiger partial charge in [0, 0.05) is 24.1 Å². The van der Waals surface area contributed by atoms with E-state index in [2.05, 4.69) is 35.8 Å². The van der Waals surface area contributed by atoms with E-state index in [-0.39, 0.29) is 11.0 Å². The smallest absolute Gasteiger partial charge is 0.266 e. The number of hydrogen-bond donors (Lipinski definition) is 0. The zero-order valence-corrected chi connectivity index (χ0v) is 14.0. The molecule has 6 heteroatoms. The molecule has 1 fully saturated rings. The highest BCUT2D eigenvalue weighted by Gasteiger charge is 2.26. The van der Waals surface area contributed by atoms with Gasteiger partial charge in [0.1, 0.15) is 6.26 Å². The maximum Gasteiger partial charge on any atom is 0.266 e. The summed E-state index contributed by atoms with van der Waals surface area (Å²) in [6, 6.07) is 3.78. The van der Waals surface area contributed by atoms with Crippen LogP contribution in [0.4, 0.5) is 0 Å². The Bertz CT molecular complexity index is 700. The van der Waals surface area contributed by atoms with E-state index in [0.717, 1.165) is 37.3 Å². The van der Waals surface area contributed by atoms with Crippen LogP contribution in [0.25, 0.3) is 0 Å². The SMILES string of the molecule is CC(C)(C)c1ccc(=O)n(CC2CCCN2Cc2cocn2)n1. The van der Waals surface area contributed by atoms with Crippen LogP contribution in [0.15, 0.2) is 34.0 Å². The third kappa shape index (κ3) is 3.69. The summed E-state index contributed by atoms with van der Waals surface area (Å²) in [5.41, 5.74) is 1.77. The molecule has 0 spiro atoms. The summed E-state index contributed by atoms with van der Waals surface area (Å²) in [6.07, 6.45) is 5.35. The molecule has 0 aliphatic carbocycles. The lowest BCUT2D eigenvalue weighted by atomic mass is 9.92. The van der Waals surface area contributed by atoms with Crippen LogP contribution in [0.1, 0.15) is 45.0 Å². The molecule has 0 aromatic carbocycles. The number of likely N-dealkylation sites (tertiary alicyclic amines) is 1. The molecule has 6 nitrogen and oxygen atoms in total. The maximum atomic E-state index is 12.2. The summed E-state index contributed by atoms with van der Waals surface area (Å²) in [6.45, 7) is 8.73. The Morgan fingerprint density at radius 2 is 2.17 bits per heavy atom. The Hall–Kier alpha value is -1.95. The molecular formula is C17H24N4O2. The average Bonchev–Trinajstić information content (AvgIpc) is 3.13. The van der Waals surface area contributed by atoms with Crippen LogP contribution in [0.3, 0.4) is 0 Å². The van der Waals surface area contributed by atoms with E-state index in [1.165, 1.54) is 6.39 Å². The molecule has 0 bridgehead atoms. The molecule has 1 saturated heterocycles. The molecule has 0 amide bonds. The average molecular weight is 316 g/mol. The monoisotopic (exact) mass is 316 g/mol. The summed E-state index contributed by atoms with van der Waals surface area (Å²) in [5, 5.41) is 4.58. The number of nitrogens with zero attached hydrogens (tertiary/aromatic N) is 4. The van der Waals surface area contributed by atoms with Crippen LogP contribution >= 0.6 is 0 Å². The van der Waals surface area contributed by atoms with Gasteiger partial charge in [0.15, 0.2) is 6.39 Å². The van der Waals surface area contributed by atoms with Crippen molar-refractivity contribution in [2.24, 2.45) is 0 Å². The summed E-state index contributed by atoms with van der Waals surface area (Å²) in [7, 11) is 0. The Labute approximate surface area is 136 Å². The minimum absolute atomic E-state index is 0.0358. The summed E-state index contributed by atoms with van der Waals surface area (Å²) < 4.78 is 6.66. The second-order valence-electron chi connectivity index (χ2n) is 7.24. The van der Waals surface area contributed by atoms with Crippen molar-refractivity contribution in [3.8, 4) is 0 Å². The fraction of sp³-hybridized carbons (Fsp3) is 0.588. The van der Waals surface area contributed by atoms with E-state index in [1.807, 2.05) is 6.07 Å². The molecule has 3 rings (SSSR count). The van der Waals surface area contributed by atoms with E-state index in [9.17, 15) is 4.79 Å². The first-order chi connectivity index (χ1) is 10.9. The Morgan fingerprint density at radius 1 is 1.35 bits per heavy atom. The Kier molecular flexibility index (Phi) is 4.35. The van der Waals surface area contributed by atoms with E-state index in [1.54, 1.807) is 17.0 Å². The van der Waals surface area contributed by atoms with E-state index >= 15 is 0 Å². The van der Waals surface area contributed by atoms with Crippen molar-refractivity contribution in [2.45, 2.75) is 58.2 Å². The third-order valence-electron chi connectivity index (χ3n) is 4.37. The molecule has 1 aliphatic rings. The van der Waals surface area contributed by atoms with Crippen LogP contribution in [-0.4, -0.2) is 32.3 Å². The highest BCUT2D eigenvalue weighted by Crippen LogP contribution is 2.21. The van der Waals surface area contributed by atoms with Gasteiger partial charge in [-0.25, -0.2) is 9.67 Å². The molecule has 1 unspecified atom stereocenters. The number of oxazole rings is 1. The molecule has 0 radical (unpaired) electrons. The van der Waals surface area contributed by atoms with Crippen LogP contribution in [-0.2, 0) is 18.5 Å². The second-order valence-corrected chi connectivity index (χ2v) is 7.24. The van der Waals surface area contributed by atoms with E-state index < -0.39 is 0 Å². The van der Waals surface area contributed by atoms with Crippen molar-refractivity contribution in [2.75, 3.05) is 6.54 Å². The van der Waals surface area contributed by atoms with Crippen LogP contribution in [0, 0.1) is 0 Å². The normalized spacial score (nSPS) is 19.3. The van der Waals surface area contributed by atoms with Gasteiger partial charge in [-0.05, 0) is 25.5 Å². The highest BCUT2D eigenvalue weighted by atomic mass is 16.3. The van der Waals surface area contributed by atoms with Crippen molar-refractivity contribution in [1.82, 2.24) is 19.7 Å². The molecule has 0 saturated carbocycles. The largest absolute Gasteiger partial charge is 0.451 e. The van der Waals surface area contributed by atoms with Crippen LogP contribution in [0.5, 0.6) is 0 Å². The lowest BCUT2D eigenvalue weighted by Gasteiger charge is -2.24. The maximum absolute atomic E-state index is 12.2. The van der Waals surface area contributed by atoms with Crippen LogP contribution < -0.4 is 5.56 Å². The topological polar surface area (TPSA) is 64.2 Å². The van der Waals surface area contributed by atoms with Crippen molar-refractivity contribution >= 4 is 0 Å². The van der Waals surface area contributed by atoms with Crippen LogP contribution in [0.2, 0.25) is 0 Å². The van der Waals surface area contributed by atoms with Gasteiger partial charge in [-0.15, -0.1) is 0 Å². The predicted octanol–water partition coefficient (Wildman–Crippen LogP) is 2.19. The molecule has 1 aliphatic heterocycles. The lowest BCUT2D eigenvalue weighted by molar-refractivity contribution is 0.213. The fourth-order valence-electron chi connectivity index (χ4n) is 3.01. The van der Waals surface area contributed by atoms with Crippen molar-refractivity contribution in [1.29, 1.82) is 0 Å². The Morgan fingerprint density at radius 3 is 2.87 bits per heavy atom. The van der Waals surface area contributed by atoms with Gasteiger partial charge >= 0.3 is 0 Å². The number of aromatic nitrogens is 3. The van der Waals surface area contributed by atoms with Crippen molar-refractivity contribution in [3.63, 3.8) is 0 Å². The molecule has 2 aromatic rings. The molecular weight excluding hydrogens is 292 g/mol. The zero-order chi connectivity index (χ0) is 16.4. The fourth-order valence-corrected chi connectivity index (χ4v) is 3.01.